The largest absolute Gasteiger partial charge is 0.444 e. The number of fused-ring (bicyclic) bond motifs is 1. The molecule has 0 aromatic heterocycles. The minimum Gasteiger partial charge on any atom is -0.444 e. The molecule has 182 valence electrons. The maximum atomic E-state index is 12.9. The van der Waals surface area contributed by atoms with E-state index in [9.17, 15) is 24.0 Å². The molecule has 3 aliphatic heterocycles. The minimum absolute atomic E-state index is 0.0864. The molecule has 0 bridgehead atoms. The number of hydrogen-bond donors (Lipinski definition) is 2. The number of nitrogens with one attached hydrogen (secondary N) is 2. The van der Waals surface area contributed by atoms with Crippen molar-refractivity contribution in [1.82, 2.24) is 15.1 Å². The standard InChI is InChI=1S/C24H30N4O6/c1-24(2,3)34-23(33)27-11-9-14(13-27)8-10-25-15-4-5-16-17(12-15)22(32)28(21(16)31)18-6-7-19(29)26-20(18)30/h4-5,12,14,18,25H,6-11,13H2,1-3H3,(H,26,29,30)/t14-,18?/m1/s1. The first-order valence-electron chi connectivity index (χ1n) is 11.6. The Morgan fingerprint density at radius 2 is 1.85 bits per heavy atom. The molecular weight excluding hydrogens is 440 g/mol. The van der Waals surface area contributed by atoms with Crippen LogP contribution in [-0.2, 0) is 14.3 Å². The van der Waals surface area contributed by atoms with Gasteiger partial charge in [0.05, 0.1) is 11.1 Å². The fourth-order valence-corrected chi connectivity index (χ4v) is 4.56. The smallest absolute Gasteiger partial charge is 0.410 e. The van der Waals surface area contributed by atoms with E-state index in [1.54, 1.807) is 23.1 Å². The number of ether oxygens (including phenoxy) is 1. The van der Waals surface area contributed by atoms with Crippen LogP contribution in [0.3, 0.4) is 0 Å². The number of nitrogens with zero attached hydrogens (tertiary/aromatic N) is 2. The van der Waals surface area contributed by atoms with Gasteiger partial charge < -0.3 is 15.0 Å². The molecule has 10 heteroatoms. The van der Waals surface area contributed by atoms with Crippen molar-refractivity contribution in [1.29, 1.82) is 0 Å². The molecule has 0 saturated carbocycles. The SMILES string of the molecule is CC(C)(C)OC(=O)N1CC[C@@H](CCNc2ccc3c(c2)C(=O)N(C2CCC(=O)NC2=O)C3=O)C1. The van der Waals surface area contributed by atoms with E-state index in [-0.39, 0.29) is 30.1 Å². The van der Waals surface area contributed by atoms with Crippen LogP contribution in [0.1, 0.15) is 67.2 Å². The van der Waals surface area contributed by atoms with Crippen LogP contribution in [-0.4, -0.2) is 70.8 Å². The fourth-order valence-electron chi connectivity index (χ4n) is 4.56. The lowest BCUT2D eigenvalue weighted by molar-refractivity contribution is -0.136. The molecule has 5 amide bonds. The summed E-state index contributed by atoms with van der Waals surface area (Å²) in [5.41, 5.74) is 0.685. The number of imide groups is 2. The number of hydrogen-bond acceptors (Lipinski definition) is 7. The highest BCUT2D eigenvalue weighted by molar-refractivity contribution is 6.23. The second-order valence-corrected chi connectivity index (χ2v) is 10.0. The van der Waals surface area contributed by atoms with Gasteiger partial charge in [-0.1, -0.05) is 0 Å². The summed E-state index contributed by atoms with van der Waals surface area (Å²) in [6.45, 7) is 7.51. The van der Waals surface area contributed by atoms with Gasteiger partial charge in [-0.05, 0) is 64.2 Å². The highest BCUT2D eigenvalue weighted by atomic mass is 16.6. The van der Waals surface area contributed by atoms with Gasteiger partial charge in [-0.25, -0.2) is 4.79 Å². The first-order valence-corrected chi connectivity index (χ1v) is 11.6. The van der Waals surface area contributed by atoms with Crippen molar-refractivity contribution >= 4 is 35.4 Å². The maximum Gasteiger partial charge on any atom is 0.410 e. The third-order valence-electron chi connectivity index (χ3n) is 6.26. The van der Waals surface area contributed by atoms with E-state index in [1.165, 1.54) is 0 Å². The van der Waals surface area contributed by atoms with Crippen LogP contribution >= 0.6 is 0 Å². The zero-order chi connectivity index (χ0) is 24.6. The fraction of sp³-hybridized carbons (Fsp3) is 0.542. The second-order valence-electron chi connectivity index (χ2n) is 10.0. The van der Waals surface area contributed by atoms with Crippen molar-refractivity contribution in [2.24, 2.45) is 5.92 Å². The van der Waals surface area contributed by atoms with E-state index in [1.807, 2.05) is 20.8 Å². The van der Waals surface area contributed by atoms with Gasteiger partial charge in [0.15, 0.2) is 0 Å². The Labute approximate surface area is 198 Å². The summed E-state index contributed by atoms with van der Waals surface area (Å²) in [5.74, 6) is -1.72. The lowest BCUT2D eigenvalue weighted by Gasteiger charge is -2.27. The highest BCUT2D eigenvalue weighted by Crippen LogP contribution is 2.30. The lowest BCUT2D eigenvalue weighted by Crippen LogP contribution is -2.54. The van der Waals surface area contributed by atoms with Crippen LogP contribution in [0.15, 0.2) is 18.2 Å². The van der Waals surface area contributed by atoms with Crippen molar-refractivity contribution in [3.05, 3.63) is 29.3 Å². The Kier molecular flexibility index (Phi) is 6.33. The molecule has 2 N–H and O–H groups in total. The maximum absolute atomic E-state index is 12.9. The monoisotopic (exact) mass is 470 g/mol. The molecule has 0 radical (unpaired) electrons. The molecule has 1 unspecified atom stereocenters. The second kappa shape index (κ2) is 9.08. The molecule has 4 rings (SSSR count). The number of anilines is 1. The predicted molar refractivity (Wildman–Crippen MR) is 122 cm³/mol. The van der Waals surface area contributed by atoms with Crippen molar-refractivity contribution in [3.8, 4) is 0 Å². The summed E-state index contributed by atoms with van der Waals surface area (Å²) in [5, 5.41) is 5.48. The molecule has 34 heavy (non-hydrogen) atoms. The summed E-state index contributed by atoms with van der Waals surface area (Å²) < 4.78 is 5.44. The minimum atomic E-state index is -0.975. The highest BCUT2D eigenvalue weighted by Gasteiger charge is 2.44. The number of benzene rings is 1. The lowest BCUT2D eigenvalue weighted by atomic mass is 10.0. The number of amides is 5. The van der Waals surface area contributed by atoms with Crippen LogP contribution in [0.25, 0.3) is 0 Å². The van der Waals surface area contributed by atoms with Crippen LogP contribution in [0.2, 0.25) is 0 Å². The molecule has 1 aromatic carbocycles. The van der Waals surface area contributed by atoms with Crippen molar-refractivity contribution < 1.29 is 28.7 Å². The zero-order valence-corrected chi connectivity index (χ0v) is 19.7. The molecule has 3 aliphatic rings. The Morgan fingerprint density at radius 1 is 1.12 bits per heavy atom. The quantitative estimate of drug-likeness (QED) is 0.632. The molecule has 0 aliphatic carbocycles. The van der Waals surface area contributed by atoms with Crippen LogP contribution < -0.4 is 10.6 Å². The zero-order valence-electron chi connectivity index (χ0n) is 19.7. The number of carbonyl (C=O) groups excluding carboxylic acids is 5. The molecule has 1 aromatic rings. The van der Waals surface area contributed by atoms with Gasteiger partial charge in [0.1, 0.15) is 11.6 Å². The molecule has 2 saturated heterocycles. The van der Waals surface area contributed by atoms with E-state index in [0.29, 0.717) is 31.2 Å². The Bertz CT molecular complexity index is 1050. The van der Waals surface area contributed by atoms with E-state index >= 15 is 0 Å². The Balaban J connectivity index is 1.32. The van der Waals surface area contributed by atoms with E-state index in [2.05, 4.69) is 10.6 Å². The van der Waals surface area contributed by atoms with E-state index in [0.717, 1.165) is 17.7 Å². The molecule has 2 fully saturated rings. The van der Waals surface area contributed by atoms with Crippen LogP contribution in [0, 0.1) is 5.92 Å². The molecule has 2 atom stereocenters. The van der Waals surface area contributed by atoms with Gasteiger partial charge in [-0.3, -0.25) is 29.4 Å². The van der Waals surface area contributed by atoms with Crippen LogP contribution in [0.5, 0.6) is 0 Å². The summed E-state index contributed by atoms with van der Waals surface area (Å²) in [4.78, 5) is 64.2. The summed E-state index contributed by atoms with van der Waals surface area (Å²) >= 11 is 0. The van der Waals surface area contributed by atoms with Gasteiger partial charge in [0, 0.05) is 31.7 Å². The van der Waals surface area contributed by atoms with Gasteiger partial charge in [0.2, 0.25) is 11.8 Å². The molecule has 3 heterocycles. The Morgan fingerprint density at radius 3 is 2.56 bits per heavy atom. The van der Waals surface area contributed by atoms with Crippen molar-refractivity contribution in [3.63, 3.8) is 0 Å². The van der Waals surface area contributed by atoms with E-state index < -0.39 is 35.3 Å². The summed E-state index contributed by atoms with van der Waals surface area (Å²) in [6.07, 6.45) is 1.67. The Hall–Kier alpha value is -3.43. The molecular formula is C24H30N4O6. The normalized spacial score (nSPS) is 22.7. The summed E-state index contributed by atoms with van der Waals surface area (Å²) in [7, 11) is 0. The van der Waals surface area contributed by atoms with Gasteiger partial charge in [-0.2, -0.15) is 0 Å². The van der Waals surface area contributed by atoms with Gasteiger partial charge >= 0.3 is 6.09 Å². The number of carbonyl (C=O) groups is 5. The molecule has 0 spiro atoms. The third-order valence-corrected chi connectivity index (χ3v) is 6.26. The summed E-state index contributed by atoms with van der Waals surface area (Å²) in [6, 6.07) is 3.98. The third kappa shape index (κ3) is 4.90. The first kappa shape index (κ1) is 23.7. The van der Waals surface area contributed by atoms with E-state index in [4.69, 9.17) is 4.74 Å². The van der Waals surface area contributed by atoms with Gasteiger partial charge in [0.25, 0.3) is 11.8 Å². The number of piperidine rings is 1. The first-order chi connectivity index (χ1) is 16.0. The van der Waals surface area contributed by atoms with Gasteiger partial charge in [-0.15, -0.1) is 0 Å². The predicted octanol–water partition coefficient (Wildman–Crippen LogP) is 2.15. The van der Waals surface area contributed by atoms with Crippen molar-refractivity contribution in [2.75, 3.05) is 25.0 Å². The average molecular weight is 471 g/mol. The average Bonchev–Trinajstić information content (AvgIpc) is 3.31. The van der Waals surface area contributed by atoms with Crippen molar-refractivity contribution in [2.45, 2.75) is 58.1 Å². The number of rotatable bonds is 5. The molecule has 10 nitrogen and oxygen atoms in total. The topological polar surface area (TPSA) is 125 Å². The van der Waals surface area contributed by atoms with Crippen LogP contribution in [0.4, 0.5) is 10.5 Å². The number of likely N-dealkylation sites (tertiary alicyclic amines) is 1.